The van der Waals surface area contributed by atoms with E-state index in [1.165, 1.54) is 11.8 Å². The van der Waals surface area contributed by atoms with Crippen molar-refractivity contribution in [2.45, 2.75) is 12.6 Å². The van der Waals surface area contributed by atoms with E-state index >= 15 is 0 Å². The van der Waals surface area contributed by atoms with Crippen LogP contribution in [0.1, 0.15) is 6.92 Å². The zero-order valence-corrected chi connectivity index (χ0v) is 13.7. The van der Waals surface area contributed by atoms with Crippen LogP contribution in [0.5, 0.6) is 0 Å². The number of pyridine rings is 1. The number of aromatic nitrogens is 1. The molecule has 1 atom stereocenters. The van der Waals surface area contributed by atoms with Gasteiger partial charge in [0.15, 0.2) is 11.4 Å². The highest BCUT2D eigenvalue weighted by molar-refractivity contribution is 5.90. The maximum Gasteiger partial charge on any atom is 0.409 e. The molecule has 1 aromatic heterocycles. The number of carbonyl (C=O) groups excluding carboxylic acids is 1. The lowest BCUT2D eigenvalue weighted by molar-refractivity contribution is -0.130. The minimum absolute atomic E-state index is 0.219. The number of nitrogens with one attached hydrogen (secondary N) is 1. The Kier molecular flexibility index (Phi) is 4.11. The molecule has 3 rings (SSSR count). The van der Waals surface area contributed by atoms with E-state index in [9.17, 15) is 14.7 Å². The molecule has 1 amide bonds. The van der Waals surface area contributed by atoms with E-state index in [0.29, 0.717) is 6.54 Å². The number of hydrogen-bond acceptors (Lipinski definition) is 5. The van der Waals surface area contributed by atoms with E-state index in [4.69, 9.17) is 0 Å². The first-order valence-corrected chi connectivity index (χ1v) is 7.78. The van der Waals surface area contributed by atoms with Crippen LogP contribution < -0.4 is 10.2 Å². The Bertz CT molecular complexity index is 794. The molecule has 0 saturated carbocycles. The fraction of sp³-hybridized carbons (Fsp3) is 0.353. The molecule has 0 bridgehead atoms. The van der Waals surface area contributed by atoms with Crippen molar-refractivity contribution in [3.05, 3.63) is 36.5 Å². The van der Waals surface area contributed by atoms with Gasteiger partial charge < -0.3 is 10.0 Å². The molecule has 0 aliphatic carbocycles. The average Bonchev–Trinajstić information content (AvgIpc) is 2.60. The molecule has 126 valence electrons. The summed E-state index contributed by atoms with van der Waals surface area (Å²) in [4.78, 5) is 31.4. The first-order chi connectivity index (χ1) is 11.5. The molecule has 2 aromatic rings. The van der Waals surface area contributed by atoms with E-state index in [-0.39, 0.29) is 18.9 Å². The van der Waals surface area contributed by atoms with Crippen LogP contribution in [0.25, 0.3) is 10.8 Å². The Morgan fingerprint density at radius 3 is 2.58 bits per heavy atom. The van der Waals surface area contributed by atoms with E-state index < -0.39 is 11.8 Å². The summed E-state index contributed by atoms with van der Waals surface area (Å²) in [6.45, 7) is 2.33. The minimum atomic E-state index is -1.27. The van der Waals surface area contributed by atoms with Gasteiger partial charge in [0.1, 0.15) is 5.82 Å². The standard InChI is InChI=1S/C17H20N4O3/c1-12(22)17(18-2)11-20(7-8-21(17)16(23)24)15-9-13-5-3-4-6-14(13)10-19-15/h3-6,9-10,18H,7-8,11H2,1-2H3,(H,23,24). The lowest BCUT2D eigenvalue weighted by Gasteiger charge is -2.48. The average molecular weight is 328 g/mol. The Balaban J connectivity index is 1.97. The summed E-state index contributed by atoms with van der Waals surface area (Å²) in [7, 11) is 1.61. The molecule has 1 saturated heterocycles. The van der Waals surface area contributed by atoms with Gasteiger partial charge in [-0.15, -0.1) is 0 Å². The number of carboxylic acid groups (broad SMARTS) is 1. The lowest BCUT2D eigenvalue weighted by Crippen LogP contribution is -2.73. The molecule has 2 heterocycles. The van der Waals surface area contributed by atoms with Crippen molar-refractivity contribution in [2.24, 2.45) is 0 Å². The van der Waals surface area contributed by atoms with Crippen LogP contribution in [-0.2, 0) is 4.79 Å². The van der Waals surface area contributed by atoms with E-state index in [1.54, 1.807) is 13.2 Å². The minimum Gasteiger partial charge on any atom is -0.465 e. The number of nitrogens with zero attached hydrogens (tertiary/aromatic N) is 3. The number of carbonyl (C=O) groups is 2. The molecule has 1 aromatic carbocycles. The predicted octanol–water partition coefficient (Wildman–Crippen LogP) is 1.54. The van der Waals surface area contributed by atoms with E-state index in [0.717, 1.165) is 16.6 Å². The topological polar surface area (TPSA) is 85.8 Å². The largest absolute Gasteiger partial charge is 0.465 e. The van der Waals surface area contributed by atoms with Crippen molar-refractivity contribution >= 4 is 28.5 Å². The highest BCUT2D eigenvalue weighted by atomic mass is 16.4. The fourth-order valence-corrected chi connectivity index (χ4v) is 3.24. The number of benzene rings is 1. The second-order valence-corrected chi connectivity index (χ2v) is 5.91. The molecular weight excluding hydrogens is 308 g/mol. The molecule has 24 heavy (non-hydrogen) atoms. The molecule has 1 unspecified atom stereocenters. The number of Topliss-reactive ketones (excluding diaryl/α,β-unsaturated/α-hetero) is 1. The summed E-state index contributed by atoms with van der Waals surface area (Å²) in [6, 6.07) is 9.87. The molecule has 1 fully saturated rings. The van der Waals surface area contributed by atoms with Crippen molar-refractivity contribution < 1.29 is 14.7 Å². The molecule has 1 aliphatic rings. The lowest BCUT2D eigenvalue weighted by atomic mass is 10.00. The van der Waals surface area contributed by atoms with Gasteiger partial charge in [0, 0.05) is 24.7 Å². The zero-order chi connectivity index (χ0) is 17.3. The Labute approximate surface area is 139 Å². The summed E-state index contributed by atoms with van der Waals surface area (Å²) in [5.74, 6) is 0.498. The van der Waals surface area contributed by atoms with Crippen LogP contribution in [0.3, 0.4) is 0 Å². The highest BCUT2D eigenvalue weighted by Gasteiger charge is 2.47. The molecule has 1 aliphatic heterocycles. The number of anilines is 1. The number of fused-ring (bicyclic) bond motifs is 1. The zero-order valence-electron chi connectivity index (χ0n) is 13.7. The quantitative estimate of drug-likeness (QED) is 0.889. The smallest absolute Gasteiger partial charge is 0.409 e. The number of rotatable bonds is 3. The normalized spacial score (nSPS) is 21.1. The van der Waals surface area contributed by atoms with Crippen molar-refractivity contribution in [3.63, 3.8) is 0 Å². The predicted molar refractivity (Wildman–Crippen MR) is 91.2 cm³/mol. The molecule has 7 nitrogen and oxygen atoms in total. The van der Waals surface area contributed by atoms with Crippen LogP contribution in [0, 0.1) is 0 Å². The molecule has 2 N–H and O–H groups in total. The maximum atomic E-state index is 12.2. The van der Waals surface area contributed by atoms with Crippen LogP contribution in [0.4, 0.5) is 10.6 Å². The molecule has 7 heteroatoms. The maximum absolute atomic E-state index is 12.2. The van der Waals surface area contributed by atoms with Crippen LogP contribution in [-0.4, -0.2) is 59.2 Å². The van der Waals surface area contributed by atoms with Gasteiger partial charge in [0.2, 0.25) is 0 Å². The van der Waals surface area contributed by atoms with Gasteiger partial charge in [-0.1, -0.05) is 24.3 Å². The summed E-state index contributed by atoms with van der Waals surface area (Å²) in [6.07, 6.45) is 0.689. The Morgan fingerprint density at radius 2 is 1.96 bits per heavy atom. The summed E-state index contributed by atoms with van der Waals surface area (Å²) in [5, 5.41) is 14.5. The van der Waals surface area contributed by atoms with Gasteiger partial charge in [-0.05, 0) is 25.4 Å². The Hall–Kier alpha value is -2.67. The first-order valence-electron chi connectivity index (χ1n) is 7.78. The van der Waals surface area contributed by atoms with Gasteiger partial charge in [0.05, 0.1) is 6.54 Å². The molecule has 0 radical (unpaired) electrons. The highest BCUT2D eigenvalue weighted by Crippen LogP contribution is 2.26. The van der Waals surface area contributed by atoms with Crippen molar-refractivity contribution in [1.82, 2.24) is 15.2 Å². The first kappa shape index (κ1) is 16.2. The SMILES string of the molecule is CNC1(C(C)=O)CN(c2cc3ccccc3cn2)CCN1C(=O)O. The molecular formula is C17H20N4O3. The summed E-state index contributed by atoms with van der Waals surface area (Å²) in [5.41, 5.74) is -1.27. The Morgan fingerprint density at radius 1 is 1.25 bits per heavy atom. The van der Waals surface area contributed by atoms with Gasteiger partial charge in [-0.2, -0.15) is 0 Å². The number of likely N-dealkylation sites (N-methyl/N-ethyl adjacent to an activating group) is 1. The van der Waals surface area contributed by atoms with E-state index in [1.807, 2.05) is 35.2 Å². The molecule has 0 spiro atoms. The number of hydrogen-bond donors (Lipinski definition) is 2. The van der Waals surface area contributed by atoms with Gasteiger partial charge in [-0.3, -0.25) is 15.0 Å². The van der Waals surface area contributed by atoms with Crippen LogP contribution in [0.2, 0.25) is 0 Å². The summed E-state index contributed by atoms with van der Waals surface area (Å²) >= 11 is 0. The third-order valence-corrected chi connectivity index (χ3v) is 4.64. The van der Waals surface area contributed by atoms with Crippen molar-refractivity contribution in [2.75, 3.05) is 31.6 Å². The van der Waals surface area contributed by atoms with Gasteiger partial charge >= 0.3 is 6.09 Å². The van der Waals surface area contributed by atoms with Gasteiger partial charge in [-0.25, -0.2) is 9.78 Å². The summed E-state index contributed by atoms with van der Waals surface area (Å²) < 4.78 is 0. The van der Waals surface area contributed by atoms with Gasteiger partial charge in [0.25, 0.3) is 0 Å². The van der Waals surface area contributed by atoms with Crippen molar-refractivity contribution in [3.8, 4) is 0 Å². The van der Waals surface area contributed by atoms with E-state index in [2.05, 4.69) is 10.3 Å². The third-order valence-electron chi connectivity index (χ3n) is 4.64. The number of piperazine rings is 1. The van der Waals surface area contributed by atoms with Crippen LogP contribution in [0.15, 0.2) is 36.5 Å². The van der Waals surface area contributed by atoms with Crippen molar-refractivity contribution in [1.29, 1.82) is 0 Å². The second-order valence-electron chi connectivity index (χ2n) is 5.91. The number of amides is 1. The fourth-order valence-electron chi connectivity index (χ4n) is 3.24. The van der Waals surface area contributed by atoms with Crippen LogP contribution >= 0.6 is 0 Å². The number of ketones is 1. The third kappa shape index (κ3) is 2.56. The second kappa shape index (κ2) is 6.09. The monoisotopic (exact) mass is 328 g/mol.